The summed E-state index contributed by atoms with van der Waals surface area (Å²) in [6.07, 6.45) is 7.71. The summed E-state index contributed by atoms with van der Waals surface area (Å²) in [5.41, 5.74) is 5.01. The molecule has 0 saturated carbocycles. The highest BCUT2D eigenvalue weighted by atomic mass is 32.2. The number of rotatable bonds is 7. The molecule has 29 heavy (non-hydrogen) atoms. The molecule has 1 aliphatic rings. The van der Waals surface area contributed by atoms with Crippen molar-refractivity contribution in [3.05, 3.63) is 71.4 Å². The topological polar surface area (TPSA) is 76.9 Å². The lowest BCUT2D eigenvalue weighted by Gasteiger charge is -2.14. The van der Waals surface area contributed by atoms with Gasteiger partial charge in [0.2, 0.25) is 10.0 Å². The van der Waals surface area contributed by atoms with Gasteiger partial charge in [0.1, 0.15) is 5.82 Å². The van der Waals surface area contributed by atoms with Crippen LogP contribution in [0.4, 0.5) is 4.39 Å². The number of hydrogen-bond acceptors (Lipinski definition) is 4. The SMILES string of the molecule is O=S(=O)(Cc1ccc(F)cc1)NCCn1nc(-c2ccncc2)c2c1CCCC2. The van der Waals surface area contributed by atoms with E-state index in [4.69, 9.17) is 5.10 Å². The third-order valence-corrected chi connectivity index (χ3v) is 6.48. The van der Waals surface area contributed by atoms with E-state index in [0.29, 0.717) is 12.1 Å². The molecule has 0 saturated heterocycles. The fraction of sp³-hybridized carbons (Fsp3) is 0.333. The van der Waals surface area contributed by atoms with Crippen molar-refractivity contribution < 1.29 is 12.8 Å². The molecule has 3 aromatic rings. The van der Waals surface area contributed by atoms with E-state index in [1.807, 2.05) is 16.8 Å². The van der Waals surface area contributed by atoms with Gasteiger partial charge in [0, 0.05) is 35.8 Å². The van der Waals surface area contributed by atoms with Crippen molar-refractivity contribution in [3.63, 3.8) is 0 Å². The second-order valence-corrected chi connectivity index (χ2v) is 9.03. The van der Waals surface area contributed by atoms with E-state index in [2.05, 4.69) is 9.71 Å². The largest absolute Gasteiger partial charge is 0.267 e. The van der Waals surface area contributed by atoms with Crippen LogP contribution in [0.1, 0.15) is 29.7 Å². The second-order valence-electron chi connectivity index (χ2n) is 7.22. The molecule has 1 N–H and O–H groups in total. The Morgan fingerprint density at radius 3 is 2.52 bits per heavy atom. The molecular formula is C21H23FN4O2S. The van der Waals surface area contributed by atoms with E-state index in [-0.39, 0.29) is 18.1 Å². The highest BCUT2D eigenvalue weighted by molar-refractivity contribution is 7.88. The fourth-order valence-corrected chi connectivity index (χ4v) is 4.89. The number of pyridine rings is 1. The average molecular weight is 415 g/mol. The summed E-state index contributed by atoms with van der Waals surface area (Å²) < 4.78 is 42.3. The molecule has 0 unspecified atom stereocenters. The minimum atomic E-state index is -3.51. The zero-order valence-corrected chi connectivity index (χ0v) is 16.8. The Balaban J connectivity index is 1.46. The van der Waals surface area contributed by atoms with E-state index >= 15 is 0 Å². The lowest BCUT2D eigenvalue weighted by molar-refractivity contribution is 0.538. The van der Waals surface area contributed by atoms with Crippen LogP contribution in [-0.4, -0.2) is 29.7 Å². The minimum absolute atomic E-state index is 0.174. The first-order valence-corrected chi connectivity index (χ1v) is 11.4. The summed E-state index contributed by atoms with van der Waals surface area (Å²) >= 11 is 0. The average Bonchev–Trinajstić information content (AvgIpc) is 3.09. The van der Waals surface area contributed by atoms with Crippen LogP contribution in [0.5, 0.6) is 0 Å². The van der Waals surface area contributed by atoms with Gasteiger partial charge >= 0.3 is 0 Å². The van der Waals surface area contributed by atoms with Crippen LogP contribution < -0.4 is 4.72 Å². The molecule has 0 amide bonds. The molecule has 0 aliphatic heterocycles. The minimum Gasteiger partial charge on any atom is -0.267 e. The predicted octanol–water partition coefficient (Wildman–Crippen LogP) is 3.08. The number of sulfonamides is 1. The number of aromatic nitrogens is 3. The summed E-state index contributed by atoms with van der Waals surface area (Å²) in [4.78, 5) is 4.07. The molecule has 0 atom stereocenters. The highest BCUT2D eigenvalue weighted by Gasteiger charge is 2.22. The molecule has 0 spiro atoms. The maximum atomic E-state index is 13.0. The van der Waals surface area contributed by atoms with E-state index in [1.54, 1.807) is 12.4 Å². The van der Waals surface area contributed by atoms with Gasteiger partial charge in [-0.1, -0.05) is 12.1 Å². The summed E-state index contributed by atoms with van der Waals surface area (Å²) in [6.45, 7) is 0.726. The van der Waals surface area contributed by atoms with Crippen LogP contribution >= 0.6 is 0 Å². The number of benzene rings is 1. The van der Waals surface area contributed by atoms with Gasteiger partial charge in [-0.15, -0.1) is 0 Å². The molecule has 1 aromatic carbocycles. The van der Waals surface area contributed by atoms with Crippen molar-refractivity contribution >= 4 is 10.0 Å². The van der Waals surface area contributed by atoms with E-state index in [0.717, 1.165) is 36.9 Å². The number of nitrogens with zero attached hydrogens (tertiary/aromatic N) is 3. The molecule has 0 bridgehead atoms. The fourth-order valence-electron chi connectivity index (χ4n) is 3.76. The molecule has 2 aromatic heterocycles. The quantitative estimate of drug-likeness (QED) is 0.645. The third kappa shape index (κ3) is 4.71. The van der Waals surface area contributed by atoms with Crippen LogP contribution in [-0.2, 0) is 35.2 Å². The summed E-state index contributed by atoms with van der Waals surface area (Å²) in [7, 11) is -3.51. The van der Waals surface area contributed by atoms with Gasteiger partial charge in [-0.25, -0.2) is 17.5 Å². The van der Waals surface area contributed by atoms with E-state index in [9.17, 15) is 12.8 Å². The van der Waals surface area contributed by atoms with E-state index in [1.165, 1.54) is 35.5 Å². The molecule has 1 aliphatic carbocycles. The summed E-state index contributed by atoms with van der Waals surface area (Å²) in [6, 6.07) is 9.40. The Bertz CT molecular complexity index is 1080. The van der Waals surface area contributed by atoms with Crippen LogP contribution in [0.25, 0.3) is 11.3 Å². The predicted molar refractivity (Wildman–Crippen MR) is 109 cm³/mol. The number of fused-ring (bicyclic) bond motifs is 1. The number of nitrogens with one attached hydrogen (secondary N) is 1. The van der Waals surface area contributed by atoms with Gasteiger partial charge in [0.05, 0.1) is 18.0 Å². The van der Waals surface area contributed by atoms with Crippen molar-refractivity contribution in [3.8, 4) is 11.3 Å². The summed E-state index contributed by atoms with van der Waals surface area (Å²) in [5, 5.41) is 4.79. The maximum absolute atomic E-state index is 13.0. The third-order valence-electron chi connectivity index (χ3n) is 5.13. The Hall–Kier alpha value is -2.58. The lowest BCUT2D eigenvalue weighted by atomic mass is 9.94. The van der Waals surface area contributed by atoms with Gasteiger partial charge in [-0.05, 0) is 55.5 Å². The molecular weight excluding hydrogens is 391 g/mol. The van der Waals surface area contributed by atoms with Crippen LogP contribution in [0.2, 0.25) is 0 Å². The van der Waals surface area contributed by atoms with Gasteiger partial charge in [-0.2, -0.15) is 5.10 Å². The Labute approximate surface area is 169 Å². The lowest BCUT2D eigenvalue weighted by Crippen LogP contribution is -2.29. The second kappa shape index (κ2) is 8.42. The molecule has 6 nitrogen and oxygen atoms in total. The summed E-state index contributed by atoms with van der Waals surface area (Å²) in [5.74, 6) is -0.556. The first kappa shape index (κ1) is 19.7. The molecule has 8 heteroatoms. The van der Waals surface area contributed by atoms with Gasteiger partial charge in [0.25, 0.3) is 0 Å². The monoisotopic (exact) mass is 414 g/mol. The van der Waals surface area contributed by atoms with Gasteiger partial charge in [0.15, 0.2) is 0 Å². The zero-order chi connectivity index (χ0) is 20.3. The van der Waals surface area contributed by atoms with Crippen LogP contribution in [0.3, 0.4) is 0 Å². The van der Waals surface area contributed by atoms with Crippen molar-refractivity contribution in [2.75, 3.05) is 6.54 Å². The molecule has 2 heterocycles. The Morgan fingerprint density at radius 1 is 1.03 bits per heavy atom. The number of hydrogen-bond donors (Lipinski definition) is 1. The zero-order valence-electron chi connectivity index (χ0n) is 16.0. The smallest absolute Gasteiger partial charge is 0.215 e. The van der Waals surface area contributed by atoms with Crippen molar-refractivity contribution in [1.29, 1.82) is 0 Å². The normalized spacial score (nSPS) is 14.0. The van der Waals surface area contributed by atoms with Crippen LogP contribution in [0, 0.1) is 5.82 Å². The van der Waals surface area contributed by atoms with E-state index < -0.39 is 10.0 Å². The highest BCUT2D eigenvalue weighted by Crippen LogP contribution is 2.30. The molecule has 0 radical (unpaired) electrons. The Kier molecular flexibility index (Phi) is 5.73. The standard InChI is InChI=1S/C21H23FN4O2S/c22-18-7-5-16(6-8-18)15-29(27,28)24-13-14-26-20-4-2-1-3-19(20)21(25-26)17-9-11-23-12-10-17/h5-12,24H,1-4,13-15H2. The van der Waals surface area contributed by atoms with Gasteiger partial charge < -0.3 is 0 Å². The number of halogens is 1. The first-order chi connectivity index (χ1) is 14.0. The Morgan fingerprint density at radius 2 is 1.76 bits per heavy atom. The van der Waals surface area contributed by atoms with Crippen molar-refractivity contribution in [1.82, 2.24) is 19.5 Å². The molecule has 4 rings (SSSR count). The van der Waals surface area contributed by atoms with Crippen molar-refractivity contribution in [2.24, 2.45) is 0 Å². The van der Waals surface area contributed by atoms with Gasteiger partial charge in [-0.3, -0.25) is 9.67 Å². The van der Waals surface area contributed by atoms with Crippen molar-refractivity contribution in [2.45, 2.75) is 38.0 Å². The molecule has 152 valence electrons. The van der Waals surface area contributed by atoms with Crippen LogP contribution in [0.15, 0.2) is 48.8 Å². The maximum Gasteiger partial charge on any atom is 0.215 e. The molecule has 0 fully saturated rings. The first-order valence-electron chi connectivity index (χ1n) is 9.72.